The quantitative estimate of drug-likeness (QED) is 0.522. The second kappa shape index (κ2) is 9.41. The highest BCUT2D eigenvalue weighted by Gasteiger charge is 2.24. The Labute approximate surface area is 168 Å². The molecule has 1 atom stereocenters. The molecule has 7 heteroatoms. The molecule has 0 spiro atoms. The summed E-state index contributed by atoms with van der Waals surface area (Å²) >= 11 is 1.25. The van der Waals surface area contributed by atoms with E-state index in [0.717, 1.165) is 11.4 Å². The Morgan fingerprint density at radius 1 is 1.14 bits per heavy atom. The van der Waals surface area contributed by atoms with E-state index >= 15 is 0 Å². The van der Waals surface area contributed by atoms with Crippen LogP contribution in [0.5, 0.6) is 5.75 Å². The molecular formula is C21H23N3O3S. The molecule has 146 valence electrons. The summed E-state index contributed by atoms with van der Waals surface area (Å²) in [6.45, 7) is 6.59. The fraction of sp³-hybridized carbons (Fsp3) is 0.286. The Balaban J connectivity index is 1.57. The van der Waals surface area contributed by atoms with Gasteiger partial charge in [0, 0.05) is 12.2 Å². The Bertz CT molecular complexity index is 897. The number of aryl methyl sites for hydroxylation is 1. The zero-order valence-corrected chi connectivity index (χ0v) is 17.0. The van der Waals surface area contributed by atoms with Crippen LogP contribution in [0, 0.1) is 6.92 Å². The first-order chi connectivity index (χ1) is 13.6. The van der Waals surface area contributed by atoms with Crippen LogP contribution in [0.2, 0.25) is 0 Å². The van der Waals surface area contributed by atoms with E-state index in [9.17, 15) is 4.79 Å². The smallest absolute Gasteiger partial charge is 0.277 e. The molecule has 0 saturated heterocycles. The topological polar surface area (TPSA) is 68.5 Å². The van der Waals surface area contributed by atoms with Gasteiger partial charge in [-0.2, -0.15) is 0 Å². The van der Waals surface area contributed by atoms with Crippen molar-refractivity contribution in [3.63, 3.8) is 0 Å². The molecule has 1 unspecified atom stereocenters. The van der Waals surface area contributed by atoms with Crippen molar-refractivity contribution >= 4 is 23.4 Å². The lowest BCUT2D eigenvalue weighted by Crippen LogP contribution is -2.36. The first-order valence-corrected chi connectivity index (χ1v) is 9.99. The Morgan fingerprint density at radius 3 is 2.54 bits per heavy atom. The lowest BCUT2D eigenvalue weighted by atomic mass is 10.2. The van der Waals surface area contributed by atoms with E-state index in [2.05, 4.69) is 10.2 Å². The Morgan fingerprint density at radius 2 is 1.86 bits per heavy atom. The van der Waals surface area contributed by atoms with Crippen molar-refractivity contribution in [2.24, 2.45) is 0 Å². The van der Waals surface area contributed by atoms with Gasteiger partial charge in [0.2, 0.25) is 5.91 Å². The van der Waals surface area contributed by atoms with Crippen LogP contribution in [0.3, 0.4) is 0 Å². The van der Waals surface area contributed by atoms with Gasteiger partial charge in [0.05, 0.1) is 5.25 Å². The van der Waals surface area contributed by atoms with E-state index < -0.39 is 0 Å². The van der Waals surface area contributed by atoms with Crippen LogP contribution in [0.25, 0.3) is 0 Å². The third-order valence-electron chi connectivity index (χ3n) is 4.11. The SMILES string of the molecule is CCN(C(=O)C(C)Sc1nnc(COc2ccc(C)cc2)o1)c1ccccc1. The molecule has 0 aliphatic rings. The highest BCUT2D eigenvalue weighted by Crippen LogP contribution is 2.25. The van der Waals surface area contributed by atoms with Crippen LogP contribution in [0.1, 0.15) is 25.3 Å². The van der Waals surface area contributed by atoms with Gasteiger partial charge >= 0.3 is 0 Å². The number of ether oxygens (including phenoxy) is 1. The van der Waals surface area contributed by atoms with Crippen LogP contribution in [0.4, 0.5) is 5.69 Å². The van der Waals surface area contributed by atoms with Gasteiger partial charge in [0.25, 0.3) is 11.1 Å². The van der Waals surface area contributed by atoms with Crippen LogP contribution in [-0.2, 0) is 11.4 Å². The van der Waals surface area contributed by atoms with Crippen LogP contribution in [0.15, 0.2) is 64.2 Å². The average molecular weight is 398 g/mol. The highest BCUT2D eigenvalue weighted by atomic mass is 32.2. The van der Waals surface area contributed by atoms with Crippen molar-refractivity contribution in [2.45, 2.75) is 37.9 Å². The Kier molecular flexibility index (Phi) is 6.71. The Hall–Kier alpha value is -2.80. The first kappa shape index (κ1) is 19.9. The maximum Gasteiger partial charge on any atom is 0.277 e. The molecule has 0 fully saturated rings. The first-order valence-electron chi connectivity index (χ1n) is 9.11. The number of hydrogen-bond acceptors (Lipinski definition) is 6. The largest absolute Gasteiger partial charge is 0.484 e. The lowest BCUT2D eigenvalue weighted by molar-refractivity contribution is -0.117. The predicted molar refractivity (Wildman–Crippen MR) is 110 cm³/mol. The molecule has 0 N–H and O–H groups in total. The van der Waals surface area contributed by atoms with Crippen molar-refractivity contribution in [3.05, 3.63) is 66.1 Å². The van der Waals surface area contributed by atoms with E-state index in [1.807, 2.05) is 75.4 Å². The summed E-state index contributed by atoms with van der Waals surface area (Å²) in [4.78, 5) is 14.6. The van der Waals surface area contributed by atoms with E-state index in [1.165, 1.54) is 17.3 Å². The zero-order valence-electron chi connectivity index (χ0n) is 16.2. The number of amides is 1. The van der Waals surface area contributed by atoms with Gasteiger partial charge in [-0.3, -0.25) is 4.79 Å². The third kappa shape index (κ3) is 5.13. The highest BCUT2D eigenvalue weighted by molar-refractivity contribution is 8.00. The summed E-state index contributed by atoms with van der Waals surface area (Å²) in [5.41, 5.74) is 2.04. The molecule has 0 saturated carbocycles. The molecule has 6 nitrogen and oxygen atoms in total. The summed E-state index contributed by atoms with van der Waals surface area (Å²) in [5.74, 6) is 1.11. The number of anilines is 1. The van der Waals surface area contributed by atoms with Gasteiger partial charge < -0.3 is 14.1 Å². The standard InChI is InChI=1S/C21H23N3O3S/c1-4-24(17-8-6-5-7-9-17)20(25)16(3)28-21-23-22-19(27-21)14-26-18-12-10-15(2)11-13-18/h5-13,16H,4,14H2,1-3H3. The minimum absolute atomic E-state index is 0.00523. The van der Waals surface area contributed by atoms with Crippen molar-refractivity contribution in [1.29, 1.82) is 0 Å². The third-order valence-corrected chi connectivity index (χ3v) is 5.03. The molecular weight excluding hydrogens is 374 g/mol. The number of thioether (sulfide) groups is 1. The number of aromatic nitrogens is 2. The molecule has 0 bridgehead atoms. The number of carbonyl (C=O) groups is 1. The molecule has 1 heterocycles. The van der Waals surface area contributed by atoms with Crippen molar-refractivity contribution < 1.29 is 13.9 Å². The molecule has 28 heavy (non-hydrogen) atoms. The fourth-order valence-electron chi connectivity index (χ4n) is 2.62. The maximum absolute atomic E-state index is 12.8. The lowest BCUT2D eigenvalue weighted by Gasteiger charge is -2.23. The van der Waals surface area contributed by atoms with Gasteiger partial charge in [0.15, 0.2) is 6.61 Å². The summed E-state index contributed by atoms with van der Waals surface area (Å²) < 4.78 is 11.3. The average Bonchev–Trinajstić information content (AvgIpc) is 3.16. The normalized spacial score (nSPS) is 11.8. The predicted octanol–water partition coefficient (Wildman–Crippen LogP) is 4.49. The van der Waals surface area contributed by atoms with E-state index in [-0.39, 0.29) is 17.8 Å². The number of hydrogen-bond donors (Lipinski definition) is 0. The maximum atomic E-state index is 12.8. The van der Waals surface area contributed by atoms with Crippen molar-refractivity contribution in [3.8, 4) is 5.75 Å². The number of rotatable bonds is 8. The fourth-order valence-corrected chi connectivity index (χ4v) is 3.38. The molecule has 0 radical (unpaired) electrons. The number of nitrogens with zero attached hydrogens (tertiary/aromatic N) is 3. The van der Waals surface area contributed by atoms with Gasteiger partial charge in [-0.25, -0.2) is 0 Å². The summed E-state index contributed by atoms with van der Waals surface area (Å²) in [6.07, 6.45) is 0. The molecule has 1 amide bonds. The van der Waals surface area contributed by atoms with Gasteiger partial charge in [0.1, 0.15) is 5.75 Å². The van der Waals surface area contributed by atoms with Crippen LogP contribution >= 0.6 is 11.8 Å². The summed E-state index contributed by atoms with van der Waals surface area (Å²) in [6, 6.07) is 17.4. The minimum atomic E-state index is -0.355. The summed E-state index contributed by atoms with van der Waals surface area (Å²) in [5, 5.41) is 8.01. The van der Waals surface area contributed by atoms with Crippen LogP contribution < -0.4 is 9.64 Å². The monoisotopic (exact) mass is 397 g/mol. The van der Waals surface area contributed by atoms with Gasteiger partial charge in [-0.05, 0) is 45.0 Å². The number of carbonyl (C=O) groups excluding carboxylic acids is 1. The molecule has 0 aliphatic heterocycles. The molecule has 0 aliphatic carbocycles. The summed E-state index contributed by atoms with van der Waals surface area (Å²) in [7, 11) is 0. The van der Waals surface area contributed by atoms with Crippen LogP contribution in [-0.4, -0.2) is 27.9 Å². The number of benzene rings is 2. The van der Waals surface area contributed by atoms with Gasteiger partial charge in [-0.15, -0.1) is 10.2 Å². The second-order valence-corrected chi connectivity index (χ2v) is 7.53. The number of para-hydroxylation sites is 1. The van der Waals surface area contributed by atoms with Crippen molar-refractivity contribution in [1.82, 2.24) is 10.2 Å². The molecule has 3 aromatic rings. The van der Waals surface area contributed by atoms with Crippen molar-refractivity contribution in [2.75, 3.05) is 11.4 Å². The zero-order chi connectivity index (χ0) is 19.9. The second-order valence-electron chi connectivity index (χ2n) is 6.24. The molecule has 1 aromatic heterocycles. The minimum Gasteiger partial charge on any atom is -0.484 e. The van der Waals surface area contributed by atoms with E-state index in [0.29, 0.717) is 17.7 Å². The van der Waals surface area contributed by atoms with Gasteiger partial charge in [-0.1, -0.05) is 47.7 Å². The van der Waals surface area contributed by atoms with E-state index in [4.69, 9.17) is 9.15 Å². The molecule has 2 aromatic carbocycles. The van der Waals surface area contributed by atoms with E-state index in [1.54, 1.807) is 4.90 Å². The molecule has 3 rings (SSSR count).